The van der Waals surface area contributed by atoms with Crippen LogP contribution in [-0.4, -0.2) is 47.0 Å². The molecule has 1 aromatic heterocycles. The van der Waals surface area contributed by atoms with Crippen LogP contribution < -0.4 is 16.1 Å². The molecule has 2 atom stereocenters. The summed E-state index contributed by atoms with van der Waals surface area (Å²) in [4.78, 5) is 53.3. The van der Waals surface area contributed by atoms with Crippen molar-refractivity contribution in [3.63, 3.8) is 0 Å². The van der Waals surface area contributed by atoms with Gasteiger partial charge >= 0.3 is 5.97 Å². The van der Waals surface area contributed by atoms with E-state index in [2.05, 4.69) is 15.6 Å². The smallest absolute Gasteiger partial charge is 0.337 e. The lowest BCUT2D eigenvalue weighted by atomic mass is 9.92. The van der Waals surface area contributed by atoms with E-state index in [0.29, 0.717) is 17.7 Å². The SMILES string of the molecule is COC(=O)c1ccc(NC(=O)C(Cc2c[nH]c3ccccc23)NC(=O)C(CC(=O)NO)CC(C)C)cc1. The molecule has 0 radical (unpaired) electrons. The molecular weight excluding hydrogens is 476 g/mol. The average Bonchev–Trinajstić information content (AvgIpc) is 3.30. The van der Waals surface area contributed by atoms with E-state index >= 15 is 0 Å². The summed E-state index contributed by atoms with van der Waals surface area (Å²) in [6, 6.07) is 12.9. The van der Waals surface area contributed by atoms with Crippen LogP contribution in [0.25, 0.3) is 10.9 Å². The summed E-state index contributed by atoms with van der Waals surface area (Å²) in [6.45, 7) is 3.84. The van der Waals surface area contributed by atoms with Gasteiger partial charge in [0.15, 0.2) is 0 Å². The molecule has 196 valence electrons. The van der Waals surface area contributed by atoms with E-state index < -0.39 is 35.7 Å². The molecule has 0 aliphatic carbocycles. The van der Waals surface area contributed by atoms with Gasteiger partial charge in [-0.25, -0.2) is 10.3 Å². The van der Waals surface area contributed by atoms with Gasteiger partial charge in [0.1, 0.15) is 6.04 Å². The van der Waals surface area contributed by atoms with E-state index in [1.165, 1.54) is 19.2 Å². The van der Waals surface area contributed by atoms with Gasteiger partial charge in [-0.05, 0) is 48.2 Å². The van der Waals surface area contributed by atoms with Crippen LogP contribution in [0.15, 0.2) is 54.7 Å². The number of fused-ring (bicyclic) bond motifs is 1. The van der Waals surface area contributed by atoms with Gasteiger partial charge in [0.05, 0.1) is 12.7 Å². The van der Waals surface area contributed by atoms with Gasteiger partial charge < -0.3 is 20.4 Å². The monoisotopic (exact) mass is 508 g/mol. The highest BCUT2D eigenvalue weighted by atomic mass is 16.5. The fourth-order valence-corrected chi connectivity index (χ4v) is 4.18. The molecular formula is C27H32N4O6. The first kappa shape index (κ1) is 27.4. The largest absolute Gasteiger partial charge is 0.465 e. The molecule has 3 amide bonds. The number of esters is 1. The number of anilines is 1. The van der Waals surface area contributed by atoms with Gasteiger partial charge in [0, 0.05) is 41.5 Å². The van der Waals surface area contributed by atoms with Gasteiger partial charge in [-0.2, -0.15) is 0 Å². The molecule has 0 saturated heterocycles. The highest BCUT2D eigenvalue weighted by Gasteiger charge is 2.29. The number of nitrogens with one attached hydrogen (secondary N) is 4. The van der Waals surface area contributed by atoms with Crippen molar-refractivity contribution in [3.8, 4) is 0 Å². The number of carbonyl (C=O) groups excluding carboxylic acids is 4. The predicted octanol–water partition coefficient (Wildman–Crippen LogP) is 3.18. The Bertz CT molecular complexity index is 1250. The number of aromatic amines is 1. The summed E-state index contributed by atoms with van der Waals surface area (Å²) in [5.74, 6) is -2.71. The normalized spacial score (nSPS) is 12.6. The van der Waals surface area contributed by atoms with Crippen LogP contribution in [0.3, 0.4) is 0 Å². The number of aromatic nitrogens is 1. The van der Waals surface area contributed by atoms with E-state index in [1.807, 2.05) is 38.1 Å². The van der Waals surface area contributed by atoms with Gasteiger partial charge in [-0.15, -0.1) is 0 Å². The maximum atomic E-state index is 13.4. The van der Waals surface area contributed by atoms with Crippen LogP contribution in [-0.2, 0) is 25.5 Å². The molecule has 0 bridgehead atoms. The Kier molecular flexibility index (Phi) is 9.39. The zero-order valence-corrected chi connectivity index (χ0v) is 21.0. The number of para-hydroxylation sites is 1. The highest BCUT2D eigenvalue weighted by molar-refractivity contribution is 5.99. The number of H-pyrrole nitrogens is 1. The Morgan fingerprint density at radius 3 is 2.35 bits per heavy atom. The molecule has 0 spiro atoms. The van der Waals surface area contributed by atoms with Crippen LogP contribution in [0.4, 0.5) is 5.69 Å². The van der Waals surface area contributed by atoms with Crippen molar-refractivity contribution in [1.82, 2.24) is 15.8 Å². The molecule has 0 saturated carbocycles. The minimum absolute atomic E-state index is 0.108. The summed E-state index contributed by atoms with van der Waals surface area (Å²) < 4.78 is 4.70. The number of hydrogen-bond donors (Lipinski definition) is 5. The molecule has 0 aliphatic rings. The van der Waals surface area contributed by atoms with Crippen molar-refractivity contribution in [2.24, 2.45) is 11.8 Å². The Balaban J connectivity index is 1.84. The maximum absolute atomic E-state index is 13.4. The number of carbonyl (C=O) groups is 4. The van der Waals surface area contributed by atoms with Crippen molar-refractivity contribution < 1.29 is 29.1 Å². The molecule has 37 heavy (non-hydrogen) atoms. The number of ether oxygens (including phenoxy) is 1. The molecule has 1 heterocycles. The fraction of sp³-hybridized carbons (Fsp3) is 0.333. The Morgan fingerprint density at radius 2 is 1.70 bits per heavy atom. The Hall–Kier alpha value is -4.18. The van der Waals surface area contributed by atoms with Gasteiger partial charge in [0.25, 0.3) is 0 Å². The van der Waals surface area contributed by atoms with Crippen molar-refractivity contribution in [2.75, 3.05) is 12.4 Å². The topological polar surface area (TPSA) is 150 Å². The lowest BCUT2D eigenvalue weighted by Gasteiger charge is -2.23. The summed E-state index contributed by atoms with van der Waals surface area (Å²) >= 11 is 0. The summed E-state index contributed by atoms with van der Waals surface area (Å²) in [5, 5.41) is 15.5. The van der Waals surface area contributed by atoms with E-state index in [4.69, 9.17) is 9.94 Å². The second-order valence-electron chi connectivity index (χ2n) is 9.25. The minimum atomic E-state index is -0.959. The maximum Gasteiger partial charge on any atom is 0.337 e. The van der Waals surface area contributed by atoms with Crippen LogP contribution in [0, 0.1) is 11.8 Å². The van der Waals surface area contributed by atoms with Crippen LogP contribution >= 0.6 is 0 Å². The van der Waals surface area contributed by atoms with Gasteiger partial charge in [0.2, 0.25) is 17.7 Å². The third kappa shape index (κ3) is 7.40. The van der Waals surface area contributed by atoms with E-state index in [9.17, 15) is 19.2 Å². The Labute approximate surface area is 214 Å². The molecule has 5 N–H and O–H groups in total. The number of amides is 3. The lowest BCUT2D eigenvalue weighted by Crippen LogP contribution is -2.48. The number of hydroxylamine groups is 1. The van der Waals surface area contributed by atoms with E-state index in [1.54, 1.807) is 23.8 Å². The fourth-order valence-electron chi connectivity index (χ4n) is 4.18. The van der Waals surface area contributed by atoms with Gasteiger partial charge in [-0.3, -0.25) is 19.6 Å². The van der Waals surface area contributed by atoms with Crippen molar-refractivity contribution >= 4 is 40.3 Å². The Morgan fingerprint density at radius 1 is 1.00 bits per heavy atom. The van der Waals surface area contributed by atoms with E-state index in [0.717, 1.165) is 16.5 Å². The predicted molar refractivity (Wildman–Crippen MR) is 138 cm³/mol. The third-order valence-electron chi connectivity index (χ3n) is 5.99. The molecule has 0 fully saturated rings. The molecule has 0 aliphatic heterocycles. The van der Waals surface area contributed by atoms with Crippen molar-refractivity contribution in [2.45, 2.75) is 39.2 Å². The molecule has 3 rings (SSSR count). The molecule has 10 heteroatoms. The quantitative estimate of drug-likeness (QED) is 0.153. The lowest BCUT2D eigenvalue weighted by molar-refractivity contribution is -0.136. The zero-order chi connectivity index (χ0) is 26.9. The standard InChI is InChI=1S/C27H32N4O6/c1-16(2)12-18(14-24(32)31-36)25(33)30-23(13-19-15-28-22-7-5-4-6-21(19)22)26(34)29-20-10-8-17(9-11-20)27(35)37-3/h4-11,15-16,18,23,28,36H,12-14H2,1-3H3,(H,29,34)(H,30,33)(H,31,32). The third-order valence-corrected chi connectivity index (χ3v) is 5.99. The zero-order valence-electron chi connectivity index (χ0n) is 21.0. The average molecular weight is 509 g/mol. The second-order valence-corrected chi connectivity index (χ2v) is 9.25. The van der Waals surface area contributed by atoms with E-state index in [-0.39, 0.29) is 18.8 Å². The van der Waals surface area contributed by atoms with Gasteiger partial charge in [-0.1, -0.05) is 32.0 Å². The number of methoxy groups -OCH3 is 1. The number of rotatable bonds is 11. The van der Waals surface area contributed by atoms with Crippen LogP contribution in [0.5, 0.6) is 0 Å². The number of benzene rings is 2. The highest BCUT2D eigenvalue weighted by Crippen LogP contribution is 2.21. The first-order chi connectivity index (χ1) is 17.7. The summed E-state index contributed by atoms with van der Waals surface area (Å²) in [7, 11) is 1.28. The summed E-state index contributed by atoms with van der Waals surface area (Å²) in [5.41, 5.74) is 4.09. The molecule has 10 nitrogen and oxygen atoms in total. The molecule has 2 unspecified atom stereocenters. The molecule has 2 aromatic carbocycles. The van der Waals surface area contributed by atoms with Crippen molar-refractivity contribution in [1.29, 1.82) is 0 Å². The van der Waals surface area contributed by atoms with Crippen molar-refractivity contribution in [3.05, 3.63) is 65.9 Å². The first-order valence-electron chi connectivity index (χ1n) is 12.0. The molecule has 3 aromatic rings. The first-order valence-corrected chi connectivity index (χ1v) is 12.0. The van der Waals surface area contributed by atoms with Crippen LogP contribution in [0.1, 0.15) is 42.6 Å². The second kappa shape index (κ2) is 12.7. The minimum Gasteiger partial charge on any atom is -0.465 e. The van der Waals surface area contributed by atoms with Crippen LogP contribution in [0.2, 0.25) is 0 Å². The summed E-state index contributed by atoms with van der Waals surface area (Å²) in [6.07, 6.45) is 2.18. The number of hydrogen-bond acceptors (Lipinski definition) is 6.